The topological polar surface area (TPSA) is 139 Å². The lowest BCUT2D eigenvalue weighted by molar-refractivity contribution is -0.137. The molecule has 0 saturated heterocycles. The Labute approximate surface area is 97.5 Å². The molecule has 8 heteroatoms. The molecule has 0 unspecified atom stereocenters. The minimum Gasteiger partial charge on any atom is -0.481 e. The molecule has 0 aromatic heterocycles. The second-order valence-electron chi connectivity index (χ2n) is 3.23. The zero-order chi connectivity index (χ0) is 13.3. The number of amides is 2. The maximum Gasteiger partial charge on any atom is 0.303 e. The van der Waals surface area contributed by atoms with Gasteiger partial charge in [0.15, 0.2) is 0 Å². The number of carboxylic acids is 1. The first-order chi connectivity index (χ1) is 7.97. The molecule has 17 heavy (non-hydrogen) atoms. The molecule has 2 amide bonds. The molecule has 0 fully saturated rings. The van der Waals surface area contributed by atoms with Crippen molar-refractivity contribution in [3.8, 4) is 0 Å². The summed E-state index contributed by atoms with van der Waals surface area (Å²) in [5, 5.41) is 12.8. The molecule has 1 atom stereocenters. The van der Waals surface area contributed by atoms with E-state index in [1.807, 2.05) is 0 Å². The van der Waals surface area contributed by atoms with Gasteiger partial charge in [-0.1, -0.05) is 0 Å². The van der Waals surface area contributed by atoms with E-state index in [4.69, 9.17) is 10.8 Å². The number of carboxylic acid groups (broad SMARTS) is 1. The fraction of sp³-hybridized carbons (Fsp3) is 0.556. The number of hydrogen-bond donors (Lipinski definition) is 4. The number of nitrogens with one attached hydrogen (secondary N) is 2. The van der Waals surface area contributed by atoms with Gasteiger partial charge in [-0.2, -0.15) is 0 Å². The van der Waals surface area contributed by atoms with Gasteiger partial charge in [0.05, 0.1) is 19.1 Å². The van der Waals surface area contributed by atoms with Gasteiger partial charge in [-0.25, -0.2) is 0 Å². The van der Waals surface area contributed by atoms with Crippen LogP contribution >= 0.6 is 0 Å². The summed E-state index contributed by atoms with van der Waals surface area (Å²) in [4.78, 5) is 42.4. The highest BCUT2D eigenvalue weighted by Crippen LogP contribution is 1.94. The summed E-state index contributed by atoms with van der Waals surface area (Å²) in [5.41, 5.74) is 5.39. The maximum absolute atomic E-state index is 11.3. The van der Waals surface area contributed by atoms with Crippen molar-refractivity contribution in [1.82, 2.24) is 10.6 Å². The molecule has 0 radical (unpaired) electrons. The molecule has 96 valence electrons. The van der Waals surface area contributed by atoms with Crippen LogP contribution in [-0.2, 0) is 19.2 Å². The molecule has 0 spiro atoms. The normalized spacial score (nSPS) is 11.4. The highest BCUT2D eigenvalue weighted by atomic mass is 16.4. The van der Waals surface area contributed by atoms with E-state index in [0.29, 0.717) is 6.29 Å². The number of nitrogens with two attached hydrogens (primary N) is 1. The first-order valence-corrected chi connectivity index (χ1v) is 4.92. The van der Waals surface area contributed by atoms with Crippen LogP contribution in [0.5, 0.6) is 0 Å². The fourth-order valence-corrected chi connectivity index (χ4v) is 0.927. The largest absolute Gasteiger partial charge is 0.481 e. The van der Waals surface area contributed by atoms with E-state index in [2.05, 4.69) is 10.6 Å². The molecule has 5 N–H and O–H groups in total. The smallest absolute Gasteiger partial charge is 0.303 e. The first-order valence-electron chi connectivity index (χ1n) is 4.92. The van der Waals surface area contributed by atoms with Crippen molar-refractivity contribution in [2.45, 2.75) is 18.9 Å². The van der Waals surface area contributed by atoms with Gasteiger partial charge in [-0.05, 0) is 6.42 Å². The number of carbonyl (C=O) groups excluding carboxylic acids is 3. The number of rotatable bonds is 8. The van der Waals surface area contributed by atoms with Crippen LogP contribution in [0.15, 0.2) is 0 Å². The van der Waals surface area contributed by atoms with Crippen LogP contribution < -0.4 is 16.4 Å². The van der Waals surface area contributed by atoms with Gasteiger partial charge < -0.3 is 26.3 Å². The summed E-state index contributed by atoms with van der Waals surface area (Å²) >= 11 is 0. The van der Waals surface area contributed by atoms with Crippen molar-refractivity contribution < 1.29 is 24.3 Å². The van der Waals surface area contributed by atoms with Crippen LogP contribution in [-0.4, -0.2) is 48.3 Å². The zero-order valence-corrected chi connectivity index (χ0v) is 9.14. The van der Waals surface area contributed by atoms with E-state index in [1.165, 1.54) is 0 Å². The van der Waals surface area contributed by atoms with E-state index in [0.717, 1.165) is 0 Å². The maximum atomic E-state index is 11.3. The van der Waals surface area contributed by atoms with E-state index in [9.17, 15) is 19.2 Å². The molecule has 0 heterocycles. The van der Waals surface area contributed by atoms with Crippen LogP contribution in [0.2, 0.25) is 0 Å². The lowest BCUT2D eigenvalue weighted by Gasteiger charge is -2.10. The van der Waals surface area contributed by atoms with Crippen LogP contribution in [0.4, 0.5) is 0 Å². The van der Waals surface area contributed by atoms with E-state index in [-0.39, 0.29) is 25.9 Å². The second-order valence-corrected chi connectivity index (χ2v) is 3.23. The Balaban J connectivity index is 3.80. The van der Waals surface area contributed by atoms with Crippen molar-refractivity contribution in [3.05, 3.63) is 0 Å². The van der Waals surface area contributed by atoms with Crippen molar-refractivity contribution in [2.75, 3.05) is 13.1 Å². The van der Waals surface area contributed by atoms with Crippen molar-refractivity contribution in [2.24, 2.45) is 5.73 Å². The van der Waals surface area contributed by atoms with E-state index in [1.54, 1.807) is 0 Å². The third kappa shape index (κ3) is 7.91. The number of aliphatic carboxylic acids is 1. The van der Waals surface area contributed by atoms with Gasteiger partial charge >= 0.3 is 5.97 Å². The summed E-state index contributed by atoms with van der Waals surface area (Å²) in [6.07, 6.45) is 0.293. The summed E-state index contributed by atoms with van der Waals surface area (Å²) in [6, 6.07) is -0.968. The molecule has 0 bridgehead atoms. The van der Waals surface area contributed by atoms with E-state index >= 15 is 0 Å². The lowest BCUT2D eigenvalue weighted by Crippen LogP contribution is -2.45. The molecule has 0 aromatic carbocycles. The SMILES string of the molecule is N[C@@H](CCC(=O)O)C(=O)NCC(=O)NCC=O. The van der Waals surface area contributed by atoms with Gasteiger partial charge in [-0.3, -0.25) is 14.4 Å². The molecular formula is C9H15N3O5. The summed E-state index contributed by atoms with van der Waals surface area (Å²) in [7, 11) is 0. The number of hydrogen-bond acceptors (Lipinski definition) is 5. The Hall–Kier alpha value is -1.96. The van der Waals surface area contributed by atoms with Crippen LogP contribution in [0.3, 0.4) is 0 Å². The summed E-state index contributed by atoms with van der Waals surface area (Å²) < 4.78 is 0. The monoisotopic (exact) mass is 245 g/mol. The van der Waals surface area contributed by atoms with Gasteiger partial charge in [0.25, 0.3) is 0 Å². The Kier molecular flexibility index (Phi) is 7.27. The lowest BCUT2D eigenvalue weighted by atomic mass is 10.1. The Morgan fingerprint density at radius 1 is 1.29 bits per heavy atom. The molecule has 0 saturated carbocycles. The highest BCUT2D eigenvalue weighted by Gasteiger charge is 2.15. The minimum absolute atomic E-state index is 0.00285. The average molecular weight is 245 g/mol. The van der Waals surface area contributed by atoms with Gasteiger partial charge in [0.1, 0.15) is 6.29 Å². The quantitative estimate of drug-likeness (QED) is 0.352. The average Bonchev–Trinajstić information content (AvgIpc) is 2.29. The molecule has 0 rings (SSSR count). The van der Waals surface area contributed by atoms with Crippen LogP contribution in [0.1, 0.15) is 12.8 Å². The Morgan fingerprint density at radius 3 is 2.47 bits per heavy atom. The van der Waals surface area contributed by atoms with Crippen molar-refractivity contribution >= 4 is 24.1 Å². The minimum atomic E-state index is -1.04. The second kappa shape index (κ2) is 8.22. The number of carbonyl (C=O) groups is 4. The Morgan fingerprint density at radius 2 is 1.94 bits per heavy atom. The number of aldehydes is 1. The molecule has 0 aromatic rings. The highest BCUT2D eigenvalue weighted by molar-refractivity contribution is 5.88. The van der Waals surface area contributed by atoms with E-state index < -0.39 is 23.8 Å². The van der Waals surface area contributed by atoms with Gasteiger partial charge in [0, 0.05) is 6.42 Å². The zero-order valence-electron chi connectivity index (χ0n) is 9.14. The first kappa shape index (κ1) is 15.0. The van der Waals surface area contributed by atoms with Crippen molar-refractivity contribution in [3.63, 3.8) is 0 Å². The summed E-state index contributed by atoms with van der Waals surface area (Å²) in [5.74, 6) is -2.17. The Bertz CT molecular complexity index is 305. The standard InChI is InChI=1S/C9H15N3O5/c10-6(1-2-8(15)16)9(17)12-5-7(14)11-3-4-13/h4,6H,1-3,5,10H2,(H,11,14)(H,12,17)(H,15,16)/t6-/m0/s1. The molecule has 0 aliphatic rings. The predicted octanol–water partition coefficient (Wildman–Crippen LogP) is -2.39. The predicted molar refractivity (Wildman–Crippen MR) is 56.9 cm³/mol. The molecule has 0 aliphatic carbocycles. The molecular weight excluding hydrogens is 230 g/mol. The third-order valence-corrected chi connectivity index (χ3v) is 1.81. The van der Waals surface area contributed by atoms with Crippen LogP contribution in [0.25, 0.3) is 0 Å². The van der Waals surface area contributed by atoms with Gasteiger partial charge in [0.2, 0.25) is 11.8 Å². The summed E-state index contributed by atoms with van der Waals surface area (Å²) in [6.45, 7) is -0.423. The van der Waals surface area contributed by atoms with Crippen molar-refractivity contribution in [1.29, 1.82) is 0 Å². The molecule has 0 aliphatic heterocycles. The fourth-order valence-electron chi connectivity index (χ4n) is 0.927. The van der Waals surface area contributed by atoms with Gasteiger partial charge in [-0.15, -0.1) is 0 Å². The van der Waals surface area contributed by atoms with Crippen LogP contribution in [0, 0.1) is 0 Å². The molecule has 8 nitrogen and oxygen atoms in total. The third-order valence-electron chi connectivity index (χ3n) is 1.81.